The van der Waals surface area contributed by atoms with Gasteiger partial charge in [0.2, 0.25) is 5.91 Å². The van der Waals surface area contributed by atoms with Gasteiger partial charge in [-0.3, -0.25) is 19.7 Å². The molecular formula is C24H17BrFN5O4. The van der Waals surface area contributed by atoms with E-state index in [2.05, 4.69) is 31.6 Å². The summed E-state index contributed by atoms with van der Waals surface area (Å²) in [4.78, 5) is 36.1. The largest absolute Gasteiger partial charge is 0.278 e. The molecule has 0 aliphatic heterocycles. The van der Waals surface area contributed by atoms with Crippen molar-refractivity contribution in [3.63, 3.8) is 0 Å². The normalized spacial score (nSPS) is 11.1. The molecule has 0 saturated heterocycles. The summed E-state index contributed by atoms with van der Waals surface area (Å²) in [6.45, 7) is -0.118. The Labute approximate surface area is 206 Å². The van der Waals surface area contributed by atoms with E-state index in [1.807, 2.05) is 0 Å². The van der Waals surface area contributed by atoms with Gasteiger partial charge in [0.25, 0.3) is 11.2 Å². The molecule has 4 rings (SSSR count). The van der Waals surface area contributed by atoms with Crippen molar-refractivity contribution in [2.45, 2.75) is 13.0 Å². The predicted octanol–water partition coefficient (Wildman–Crippen LogP) is 3.95. The molecule has 0 fully saturated rings. The van der Waals surface area contributed by atoms with Crippen molar-refractivity contribution in [1.82, 2.24) is 15.2 Å². The van der Waals surface area contributed by atoms with Crippen LogP contribution in [0.25, 0.3) is 10.8 Å². The number of nitrogens with one attached hydrogen (secondary N) is 1. The maximum absolute atomic E-state index is 14.4. The third kappa shape index (κ3) is 5.46. The first-order valence-corrected chi connectivity index (χ1v) is 11.1. The third-order valence-electron chi connectivity index (χ3n) is 5.13. The van der Waals surface area contributed by atoms with Gasteiger partial charge in [-0.25, -0.2) is 14.5 Å². The van der Waals surface area contributed by atoms with E-state index in [0.717, 1.165) is 4.68 Å². The van der Waals surface area contributed by atoms with Crippen molar-refractivity contribution in [2.24, 2.45) is 5.10 Å². The summed E-state index contributed by atoms with van der Waals surface area (Å²) in [5.74, 6) is -1.04. The lowest BCUT2D eigenvalue weighted by Gasteiger charge is -2.11. The van der Waals surface area contributed by atoms with E-state index in [1.54, 1.807) is 42.5 Å². The highest BCUT2D eigenvalue weighted by Gasteiger charge is 2.15. The summed E-state index contributed by atoms with van der Waals surface area (Å²) >= 11 is 3.20. The highest BCUT2D eigenvalue weighted by atomic mass is 79.9. The van der Waals surface area contributed by atoms with Gasteiger partial charge < -0.3 is 0 Å². The fourth-order valence-electron chi connectivity index (χ4n) is 3.48. The number of hydrogen-bond acceptors (Lipinski definition) is 6. The molecule has 0 unspecified atom stereocenters. The van der Waals surface area contributed by atoms with Crippen molar-refractivity contribution in [3.8, 4) is 0 Å². The third-order valence-corrected chi connectivity index (χ3v) is 5.63. The van der Waals surface area contributed by atoms with Crippen LogP contribution in [-0.2, 0) is 17.8 Å². The maximum atomic E-state index is 14.4. The number of benzene rings is 3. The van der Waals surface area contributed by atoms with E-state index in [0.29, 0.717) is 20.9 Å². The minimum atomic E-state index is -0.545. The van der Waals surface area contributed by atoms with Gasteiger partial charge in [-0.2, -0.15) is 10.2 Å². The Kier molecular flexibility index (Phi) is 7.06. The monoisotopic (exact) mass is 537 g/mol. The first kappa shape index (κ1) is 23.9. The van der Waals surface area contributed by atoms with Crippen LogP contribution in [0.4, 0.5) is 10.1 Å². The quantitative estimate of drug-likeness (QED) is 0.217. The fourth-order valence-corrected chi connectivity index (χ4v) is 3.82. The molecule has 4 aromatic rings. The second kappa shape index (κ2) is 10.3. The fraction of sp³-hybridized carbons (Fsp3) is 0.0833. The molecule has 35 heavy (non-hydrogen) atoms. The highest BCUT2D eigenvalue weighted by molar-refractivity contribution is 9.10. The zero-order valence-corrected chi connectivity index (χ0v) is 19.6. The standard InChI is InChI=1S/C24H17BrFN5O4/c25-17-10-9-16(20(26)11-17)14-30-24(33)19-7-3-2-6-18(19)21(29-30)12-23(32)28-27-13-15-5-1-4-8-22(15)31(34)35/h1-11,13H,12,14H2,(H,28,32)/b27-13+. The summed E-state index contributed by atoms with van der Waals surface area (Å²) in [6, 6.07) is 17.2. The summed E-state index contributed by atoms with van der Waals surface area (Å²) in [7, 11) is 0. The van der Waals surface area contributed by atoms with Gasteiger partial charge >= 0.3 is 0 Å². The molecule has 11 heteroatoms. The van der Waals surface area contributed by atoms with E-state index >= 15 is 0 Å². The first-order valence-electron chi connectivity index (χ1n) is 10.3. The van der Waals surface area contributed by atoms with E-state index in [-0.39, 0.29) is 29.8 Å². The van der Waals surface area contributed by atoms with E-state index < -0.39 is 22.2 Å². The Balaban J connectivity index is 1.60. The van der Waals surface area contributed by atoms with Crippen LogP contribution < -0.4 is 11.0 Å². The van der Waals surface area contributed by atoms with Crippen LogP contribution >= 0.6 is 15.9 Å². The number of halogens is 2. The van der Waals surface area contributed by atoms with Crippen LogP contribution in [-0.4, -0.2) is 26.8 Å². The van der Waals surface area contributed by atoms with Crippen LogP contribution in [0.2, 0.25) is 0 Å². The SMILES string of the molecule is O=C(Cc1nn(Cc2ccc(Br)cc2F)c(=O)c2ccccc12)N/N=C/c1ccccc1[N+](=O)[O-]. The van der Waals surface area contributed by atoms with Crippen molar-refractivity contribution >= 4 is 44.5 Å². The molecule has 3 aromatic carbocycles. The van der Waals surface area contributed by atoms with Gasteiger partial charge in [0.15, 0.2) is 0 Å². The number of aromatic nitrogens is 2. The van der Waals surface area contributed by atoms with Gasteiger partial charge in [-0.1, -0.05) is 52.3 Å². The summed E-state index contributed by atoms with van der Waals surface area (Å²) in [5, 5.41) is 20.1. The van der Waals surface area contributed by atoms with Crippen molar-refractivity contribution in [3.05, 3.63) is 114 Å². The zero-order chi connectivity index (χ0) is 24.9. The van der Waals surface area contributed by atoms with Crippen molar-refractivity contribution in [2.75, 3.05) is 0 Å². The number of hydrogen-bond donors (Lipinski definition) is 1. The first-order chi connectivity index (χ1) is 16.8. The molecule has 0 saturated carbocycles. The molecule has 1 N–H and O–H groups in total. The lowest BCUT2D eigenvalue weighted by Crippen LogP contribution is -2.28. The molecule has 0 bridgehead atoms. The molecule has 1 heterocycles. The number of rotatable bonds is 7. The minimum Gasteiger partial charge on any atom is -0.273 e. The number of carbonyl (C=O) groups excluding carboxylic acids is 1. The number of amides is 1. The van der Waals surface area contributed by atoms with E-state index in [4.69, 9.17) is 0 Å². The van der Waals surface area contributed by atoms with Gasteiger partial charge in [0, 0.05) is 21.5 Å². The molecule has 176 valence electrons. The van der Waals surface area contributed by atoms with Crippen LogP contribution in [0.1, 0.15) is 16.8 Å². The number of nitro groups is 1. The van der Waals surface area contributed by atoms with Gasteiger partial charge in [-0.15, -0.1) is 0 Å². The Bertz CT molecular complexity index is 1540. The molecule has 0 aliphatic rings. The van der Waals surface area contributed by atoms with Crippen molar-refractivity contribution < 1.29 is 14.1 Å². The molecule has 1 amide bonds. The average Bonchev–Trinajstić information content (AvgIpc) is 2.84. The number of nitro benzene ring substituents is 1. The molecule has 1 aromatic heterocycles. The average molecular weight is 538 g/mol. The maximum Gasteiger partial charge on any atom is 0.278 e. The number of hydrazone groups is 1. The van der Waals surface area contributed by atoms with Crippen molar-refractivity contribution in [1.29, 1.82) is 0 Å². The van der Waals surface area contributed by atoms with Gasteiger partial charge in [0.1, 0.15) is 5.82 Å². The van der Waals surface area contributed by atoms with E-state index in [1.165, 1.54) is 30.5 Å². The number of nitrogens with zero attached hydrogens (tertiary/aromatic N) is 4. The lowest BCUT2D eigenvalue weighted by atomic mass is 10.1. The van der Waals surface area contributed by atoms with Crippen LogP contribution in [0.5, 0.6) is 0 Å². The topological polar surface area (TPSA) is 119 Å². The Morgan fingerprint density at radius 3 is 2.60 bits per heavy atom. The Hall–Kier alpha value is -4.25. The van der Waals surface area contributed by atoms with Crippen LogP contribution in [0, 0.1) is 15.9 Å². The molecule has 9 nitrogen and oxygen atoms in total. The minimum absolute atomic E-state index is 0.118. The smallest absolute Gasteiger partial charge is 0.273 e. The summed E-state index contributed by atoms with van der Waals surface area (Å²) in [5.41, 5.74) is 2.56. The predicted molar refractivity (Wildman–Crippen MR) is 132 cm³/mol. The Morgan fingerprint density at radius 2 is 1.86 bits per heavy atom. The van der Waals surface area contributed by atoms with Gasteiger partial charge in [0.05, 0.1) is 40.7 Å². The molecule has 0 spiro atoms. The second-order valence-electron chi connectivity index (χ2n) is 7.48. The molecule has 0 atom stereocenters. The number of para-hydroxylation sites is 1. The molecule has 0 radical (unpaired) electrons. The number of fused-ring (bicyclic) bond motifs is 1. The summed E-state index contributed by atoms with van der Waals surface area (Å²) < 4.78 is 16.0. The van der Waals surface area contributed by atoms with Crippen LogP contribution in [0.15, 0.2) is 81.1 Å². The summed E-state index contributed by atoms with van der Waals surface area (Å²) in [6.07, 6.45) is 0.955. The molecular weight excluding hydrogens is 521 g/mol. The Morgan fingerprint density at radius 1 is 1.14 bits per heavy atom. The van der Waals surface area contributed by atoms with E-state index in [9.17, 15) is 24.1 Å². The van der Waals surface area contributed by atoms with Gasteiger partial charge in [-0.05, 0) is 24.3 Å². The molecule has 0 aliphatic carbocycles. The lowest BCUT2D eigenvalue weighted by molar-refractivity contribution is -0.385. The second-order valence-corrected chi connectivity index (χ2v) is 8.39. The zero-order valence-electron chi connectivity index (χ0n) is 18.0. The number of carbonyl (C=O) groups is 1. The van der Waals surface area contributed by atoms with Crippen LogP contribution in [0.3, 0.4) is 0 Å². The highest BCUT2D eigenvalue weighted by Crippen LogP contribution is 2.18.